The fourth-order valence-electron chi connectivity index (χ4n) is 3.90. The van der Waals surface area contributed by atoms with E-state index in [9.17, 15) is 9.59 Å². The lowest BCUT2D eigenvalue weighted by Gasteiger charge is -2.15. The molecule has 0 aliphatic heterocycles. The molecule has 31 heavy (non-hydrogen) atoms. The number of anilines is 1. The van der Waals surface area contributed by atoms with Gasteiger partial charge in [0.25, 0.3) is 5.91 Å². The van der Waals surface area contributed by atoms with E-state index in [0.717, 1.165) is 33.8 Å². The van der Waals surface area contributed by atoms with E-state index >= 15 is 0 Å². The summed E-state index contributed by atoms with van der Waals surface area (Å²) in [7, 11) is 5.34. The van der Waals surface area contributed by atoms with Crippen LogP contribution < -0.4 is 10.6 Å². The van der Waals surface area contributed by atoms with Gasteiger partial charge in [0.2, 0.25) is 0 Å². The zero-order valence-corrected chi connectivity index (χ0v) is 18.5. The maximum Gasteiger partial charge on any atom is 0.305 e. The summed E-state index contributed by atoms with van der Waals surface area (Å²) in [5, 5.41) is 0. The maximum atomic E-state index is 12.5. The quantitative estimate of drug-likeness (QED) is 0.564. The number of aromatic nitrogens is 1. The smallest absolute Gasteiger partial charge is 0.305 e. The van der Waals surface area contributed by atoms with Crippen LogP contribution in [0.15, 0.2) is 54.6 Å². The molecule has 0 aliphatic carbocycles. The highest BCUT2D eigenvalue weighted by atomic mass is 16.5. The number of hydrogen-bond acceptors (Lipinski definition) is 4. The van der Waals surface area contributed by atoms with Crippen LogP contribution in [0.4, 0.5) is 5.69 Å². The molecule has 6 heteroatoms. The van der Waals surface area contributed by atoms with Gasteiger partial charge in [-0.1, -0.05) is 42.5 Å². The Hall–Kier alpha value is -3.54. The number of nitrogens with two attached hydrogens (primary N) is 1. The highest BCUT2D eigenvalue weighted by Crippen LogP contribution is 2.35. The molecule has 3 rings (SSSR count). The molecule has 0 spiro atoms. The van der Waals surface area contributed by atoms with Crippen LogP contribution >= 0.6 is 0 Å². The zero-order chi connectivity index (χ0) is 22.5. The predicted molar refractivity (Wildman–Crippen MR) is 123 cm³/mol. The fraction of sp³-hybridized carbons (Fsp3) is 0.280. The summed E-state index contributed by atoms with van der Waals surface area (Å²) in [6.45, 7) is 2.49. The van der Waals surface area contributed by atoms with E-state index in [-0.39, 0.29) is 12.4 Å². The fourth-order valence-corrected chi connectivity index (χ4v) is 3.90. The summed E-state index contributed by atoms with van der Waals surface area (Å²) in [6.07, 6.45) is 0.661. The van der Waals surface area contributed by atoms with Gasteiger partial charge in [-0.25, -0.2) is 0 Å². The Morgan fingerprint density at radius 3 is 2.23 bits per heavy atom. The Bertz CT molecular complexity index is 1070. The zero-order valence-electron chi connectivity index (χ0n) is 18.5. The third-order valence-corrected chi connectivity index (χ3v) is 5.53. The van der Waals surface area contributed by atoms with Crippen molar-refractivity contribution in [3.8, 4) is 11.1 Å². The second-order valence-corrected chi connectivity index (χ2v) is 7.74. The molecule has 0 saturated heterocycles. The lowest BCUT2D eigenvalue weighted by atomic mass is 9.97. The number of primary amides is 1. The second kappa shape index (κ2) is 9.51. The van der Waals surface area contributed by atoms with Crippen LogP contribution in [0.3, 0.4) is 0 Å². The first-order chi connectivity index (χ1) is 14.8. The van der Waals surface area contributed by atoms with Gasteiger partial charge < -0.3 is 19.9 Å². The molecular weight excluding hydrogens is 390 g/mol. The van der Waals surface area contributed by atoms with Gasteiger partial charge in [0.1, 0.15) is 0 Å². The van der Waals surface area contributed by atoms with Crippen molar-refractivity contribution in [3.63, 3.8) is 0 Å². The van der Waals surface area contributed by atoms with Gasteiger partial charge in [-0.2, -0.15) is 0 Å². The summed E-state index contributed by atoms with van der Waals surface area (Å²) in [4.78, 5) is 26.4. The van der Waals surface area contributed by atoms with E-state index in [1.807, 2.05) is 80.5 Å². The number of amides is 1. The average molecular weight is 420 g/mol. The molecule has 3 aromatic rings. The van der Waals surface area contributed by atoms with Gasteiger partial charge in [-0.05, 0) is 36.6 Å². The van der Waals surface area contributed by atoms with Gasteiger partial charge in [-0.3, -0.25) is 9.59 Å². The van der Waals surface area contributed by atoms with E-state index in [0.29, 0.717) is 18.5 Å². The third kappa shape index (κ3) is 4.79. The molecular formula is C25H29N3O3. The number of benzene rings is 2. The molecule has 0 aliphatic rings. The Kier molecular flexibility index (Phi) is 6.80. The van der Waals surface area contributed by atoms with Crippen molar-refractivity contribution in [3.05, 3.63) is 77.1 Å². The minimum Gasteiger partial charge on any atom is -0.469 e. The van der Waals surface area contributed by atoms with Gasteiger partial charge in [0.15, 0.2) is 0 Å². The van der Waals surface area contributed by atoms with Gasteiger partial charge in [0.05, 0.1) is 19.1 Å². The van der Waals surface area contributed by atoms with Gasteiger partial charge >= 0.3 is 5.97 Å². The van der Waals surface area contributed by atoms with E-state index in [4.69, 9.17) is 10.5 Å². The van der Waals surface area contributed by atoms with Crippen LogP contribution in [0.1, 0.15) is 33.7 Å². The Balaban J connectivity index is 2.19. The molecule has 0 saturated carbocycles. The molecule has 0 bridgehead atoms. The van der Waals surface area contributed by atoms with Crippen molar-refractivity contribution < 1.29 is 14.3 Å². The molecule has 0 atom stereocenters. The largest absolute Gasteiger partial charge is 0.469 e. The number of rotatable bonds is 8. The normalized spacial score (nSPS) is 10.7. The maximum absolute atomic E-state index is 12.5. The minimum atomic E-state index is -0.477. The molecule has 1 amide bonds. The molecule has 1 heterocycles. The van der Waals surface area contributed by atoms with E-state index in [1.165, 1.54) is 7.11 Å². The first-order valence-electron chi connectivity index (χ1n) is 10.2. The van der Waals surface area contributed by atoms with Crippen LogP contribution in [0.2, 0.25) is 0 Å². The number of carbonyl (C=O) groups is 2. The summed E-state index contributed by atoms with van der Waals surface area (Å²) >= 11 is 0. The summed E-state index contributed by atoms with van der Waals surface area (Å²) in [5.74, 6) is -0.769. The number of methoxy groups -OCH3 is 1. The monoisotopic (exact) mass is 419 g/mol. The van der Waals surface area contributed by atoms with E-state index < -0.39 is 5.91 Å². The molecule has 0 unspecified atom stereocenters. The van der Waals surface area contributed by atoms with E-state index in [2.05, 4.69) is 4.57 Å². The topological polar surface area (TPSA) is 77.6 Å². The lowest BCUT2D eigenvalue weighted by Crippen LogP contribution is -2.13. The minimum absolute atomic E-state index is 0.218. The number of carbonyl (C=O) groups excluding carboxylic acids is 2. The van der Waals surface area contributed by atoms with E-state index in [1.54, 1.807) is 0 Å². The van der Waals surface area contributed by atoms with Crippen molar-refractivity contribution in [1.82, 2.24) is 4.57 Å². The van der Waals surface area contributed by atoms with Crippen molar-refractivity contribution in [1.29, 1.82) is 0 Å². The van der Waals surface area contributed by atoms with Crippen LogP contribution in [0.25, 0.3) is 11.1 Å². The van der Waals surface area contributed by atoms with Crippen LogP contribution in [-0.2, 0) is 22.5 Å². The number of nitrogens with zero attached hydrogens (tertiary/aromatic N) is 2. The molecule has 0 fully saturated rings. The van der Waals surface area contributed by atoms with Crippen LogP contribution in [0, 0.1) is 6.92 Å². The Labute approximate surface area is 183 Å². The summed E-state index contributed by atoms with van der Waals surface area (Å²) in [5.41, 5.74) is 11.9. The Morgan fingerprint density at radius 1 is 1.03 bits per heavy atom. The lowest BCUT2D eigenvalue weighted by molar-refractivity contribution is -0.140. The molecule has 2 N–H and O–H groups in total. The van der Waals surface area contributed by atoms with Crippen molar-refractivity contribution in [2.45, 2.75) is 26.3 Å². The first kappa shape index (κ1) is 22.2. The van der Waals surface area contributed by atoms with Gasteiger partial charge in [-0.15, -0.1) is 0 Å². The highest BCUT2D eigenvalue weighted by molar-refractivity contribution is 6.02. The van der Waals surface area contributed by atoms with Crippen molar-refractivity contribution in [2.75, 3.05) is 26.1 Å². The average Bonchev–Trinajstić information content (AvgIpc) is 3.04. The predicted octanol–water partition coefficient (Wildman–Crippen LogP) is 3.78. The van der Waals surface area contributed by atoms with Crippen molar-refractivity contribution >= 4 is 17.6 Å². The SMILES string of the molecule is COC(=O)CCc1c(-c2ccc(N(C)C)cc2)c(C(N)=O)c(C)n1Cc1ccccc1. The van der Waals surface area contributed by atoms with Gasteiger partial charge in [0, 0.05) is 43.3 Å². The van der Waals surface area contributed by atoms with Crippen LogP contribution in [0.5, 0.6) is 0 Å². The molecule has 6 nitrogen and oxygen atoms in total. The first-order valence-corrected chi connectivity index (χ1v) is 10.2. The number of esters is 1. The second-order valence-electron chi connectivity index (χ2n) is 7.74. The summed E-state index contributed by atoms with van der Waals surface area (Å²) in [6, 6.07) is 18.0. The number of ether oxygens (including phenoxy) is 1. The summed E-state index contributed by atoms with van der Waals surface area (Å²) < 4.78 is 6.95. The Morgan fingerprint density at radius 2 is 1.68 bits per heavy atom. The van der Waals surface area contributed by atoms with Crippen molar-refractivity contribution in [2.24, 2.45) is 5.73 Å². The molecule has 1 aromatic heterocycles. The third-order valence-electron chi connectivity index (χ3n) is 5.53. The highest BCUT2D eigenvalue weighted by Gasteiger charge is 2.25. The van der Waals surface area contributed by atoms with Crippen LogP contribution in [-0.4, -0.2) is 37.6 Å². The molecule has 2 aromatic carbocycles. The standard InChI is InChI=1S/C25H29N3O3/c1-17-23(25(26)30)24(19-10-12-20(13-11-19)27(2)3)21(14-15-22(29)31-4)28(17)16-18-8-6-5-7-9-18/h5-13H,14-16H2,1-4H3,(H2,26,30). The molecule has 0 radical (unpaired) electrons. The molecule has 162 valence electrons. The number of hydrogen-bond donors (Lipinski definition) is 1.